The summed E-state index contributed by atoms with van der Waals surface area (Å²) in [5.41, 5.74) is 9.25. The van der Waals surface area contributed by atoms with Crippen molar-refractivity contribution in [2.75, 3.05) is 52.6 Å². The van der Waals surface area contributed by atoms with Gasteiger partial charge in [0.05, 0.1) is 43.9 Å². The summed E-state index contributed by atoms with van der Waals surface area (Å²) in [5, 5.41) is 52.4. The van der Waals surface area contributed by atoms with Crippen molar-refractivity contribution >= 4 is 137 Å². The number of fused-ring (bicyclic) bond motifs is 3. The number of nitrogens with zero attached hydrogens (tertiary/aromatic N) is 13. The Morgan fingerprint density at radius 2 is 1.05 bits per heavy atom. The molecule has 3 fully saturated rings. The second-order valence-electron chi connectivity index (χ2n) is 28.8. The number of aryl methyl sites for hydroxylation is 2. The first-order valence-corrected chi connectivity index (χ1v) is 38.5. The van der Waals surface area contributed by atoms with Crippen LogP contribution in [0.2, 0.25) is 5.28 Å². The molecule has 0 amide bonds. The Balaban J connectivity index is 0.000000214. The van der Waals surface area contributed by atoms with Crippen molar-refractivity contribution in [3.05, 3.63) is 137 Å². The van der Waals surface area contributed by atoms with Crippen LogP contribution in [0.25, 0.3) is 33.1 Å². The molecule has 9 aromatic heterocycles. The van der Waals surface area contributed by atoms with Gasteiger partial charge in [-0.1, -0.05) is 57.7 Å². The maximum absolute atomic E-state index is 13.6. The Bertz CT molecular complexity index is 5190. The Kier molecular flexibility index (Phi) is 29.4. The number of aliphatic hydroxyl groups is 2. The van der Waals surface area contributed by atoms with Crippen LogP contribution in [0.5, 0.6) is 0 Å². The fourth-order valence-corrected chi connectivity index (χ4v) is 14.2. The number of aliphatic hydroxyl groups excluding tert-OH is 2. The molecule has 0 radical (unpaired) electrons. The van der Waals surface area contributed by atoms with E-state index in [9.17, 15) is 31.5 Å². The number of H-pyrrole nitrogens is 2. The van der Waals surface area contributed by atoms with Crippen molar-refractivity contribution in [2.24, 2.45) is 17.8 Å². The summed E-state index contributed by atoms with van der Waals surface area (Å²) in [6.45, 7) is 20.9. The van der Waals surface area contributed by atoms with Gasteiger partial charge in [-0.25, -0.2) is 39.4 Å². The van der Waals surface area contributed by atoms with E-state index in [0.29, 0.717) is 69.9 Å². The number of methoxy groups -OCH3 is 1. The molecular weight excluding hydrogens is 1500 g/mol. The quantitative estimate of drug-likeness (QED) is 0.0266. The molecule has 602 valence electrons. The molecule has 3 aliphatic rings. The molecule has 3 aliphatic carbocycles. The summed E-state index contributed by atoms with van der Waals surface area (Å²) in [4.78, 5) is 54.8. The zero-order valence-corrected chi connectivity index (χ0v) is 65.6. The Morgan fingerprint density at radius 1 is 0.595 bits per heavy atom. The van der Waals surface area contributed by atoms with E-state index in [1.165, 1.54) is 45.2 Å². The van der Waals surface area contributed by atoms with Crippen LogP contribution < -0.4 is 32.3 Å². The first-order valence-electron chi connectivity index (χ1n) is 35.2. The minimum atomic E-state index is -3.95. The van der Waals surface area contributed by atoms with Crippen LogP contribution >= 0.6 is 25.1 Å². The zero-order chi connectivity index (χ0) is 76.9. The Hall–Kier alpha value is -9.91. The smallest absolute Gasteiger partial charge is 0.435 e. The van der Waals surface area contributed by atoms with E-state index in [2.05, 4.69) is 103 Å². The summed E-state index contributed by atoms with van der Waals surface area (Å²) in [7, 11) is -6.19. The number of anilines is 8. The number of nitrogens with one attached hydrogen (secondary N) is 7. The highest BCUT2D eigenvalue weighted by Crippen LogP contribution is 2.39. The Morgan fingerprint density at radius 3 is 1.51 bits per heavy atom. The number of halogens is 1. The predicted octanol–water partition coefficient (Wildman–Crippen LogP) is 13.9. The van der Waals surface area contributed by atoms with Gasteiger partial charge in [0, 0.05) is 93.8 Å². The summed E-state index contributed by atoms with van der Waals surface area (Å²) in [5.74, 6) is 5.45. The molecule has 14 rings (SSSR count). The fourth-order valence-electron chi connectivity index (χ4n) is 11.5. The molecular formula is C75H106ClN21O11S3. The average Bonchev–Trinajstić information content (AvgIpc) is 1.66. The lowest BCUT2D eigenvalue weighted by Crippen LogP contribution is -2.29. The van der Waals surface area contributed by atoms with E-state index in [1.807, 2.05) is 32.2 Å². The topological polar surface area (TPSA) is 424 Å². The van der Waals surface area contributed by atoms with Crippen LogP contribution in [-0.2, 0) is 53.7 Å². The minimum Gasteiger partial charge on any atom is -0.442 e. The van der Waals surface area contributed by atoms with Gasteiger partial charge in [-0.05, 0) is 187 Å². The number of benzene rings is 2. The number of carbonyl (C=O) groups excluding carboxylic acids is 2. The van der Waals surface area contributed by atoms with Crippen LogP contribution in [0, 0.1) is 31.6 Å². The number of ether oxygens (including phenoxy) is 3. The predicted molar refractivity (Wildman–Crippen MR) is 439 cm³/mol. The average molecular weight is 1610 g/mol. The molecule has 11 N–H and O–H groups in total. The van der Waals surface area contributed by atoms with Crippen LogP contribution in [0.4, 0.5) is 56.4 Å². The number of hydrogen-bond donors (Lipinski definition) is 10. The second kappa shape index (κ2) is 36.9. The molecule has 9 heterocycles. The molecule has 0 saturated heterocycles. The first kappa shape index (κ1) is 88.3. The number of carbonyl (C=O) groups is 2. The Labute approximate surface area is 659 Å². The first-order chi connectivity index (χ1) is 50.8. The van der Waals surface area contributed by atoms with E-state index in [-0.39, 0.29) is 118 Å². The maximum Gasteiger partial charge on any atom is 0.435 e. The number of nitrogens with two attached hydrogens (primary N) is 1. The zero-order valence-electron chi connectivity index (χ0n) is 62.2. The van der Waals surface area contributed by atoms with Gasteiger partial charge in [0.25, 0.3) is 20.0 Å². The van der Waals surface area contributed by atoms with E-state index >= 15 is 0 Å². The summed E-state index contributed by atoms with van der Waals surface area (Å²) in [6, 6.07) is 24.5. The van der Waals surface area contributed by atoms with Crippen LogP contribution in [-0.4, -0.2) is 161 Å². The highest BCUT2D eigenvalue weighted by Gasteiger charge is 2.33. The molecule has 32 nitrogen and oxygen atoms in total. The fraction of sp³-hybridized carbons (Fsp3) is 0.453. The van der Waals surface area contributed by atoms with Crippen molar-refractivity contribution in [2.45, 2.75) is 196 Å². The molecule has 2 aromatic carbocycles. The minimum absolute atomic E-state index is 0. The highest BCUT2D eigenvalue weighted by molar-refractivity contribution is 7.90. The SMILES string of the molecule is C.C.C.CC(Nc1nc(Nc2cc(CCO)[nH]n2)nc2[nH]ccc12)C1CC1.COCc1cc(N)nn1C(=O)OC(C)(C)C.Cc1ccc(S(=O)(=O)n2ccc3c(NC(C)C4CC4)nc(Nc4cc(CCO)n(C(=O)OC(C)(C)C)n4)nc32)cc1.Cc1ccc(S(=O)(=O)n2ccc3c(N[C@@H](C)C4CC4)nc(Cl)nc32)cc1.S. The summed E-state index contributed by atoms with van der Waals surface area (Å²) in [6.07, 6.45) is 11.5. The molecule has 11 aromatic rings. The summed E-state index contributed by atoms with van der Waals surface area (Å²) < 4.78 is 73.4. The largest absolute Gasteiger partial charge is 0.442 e. The van der Waals surface area contributed by atoms with Gasteiger partial charge < -0.3 is 61.7 Å². The van der Waals surface area contributed by atoms with Gasteiger partial charge in [-0.3, -0.25) is 5.10 Å². The number of aromatic nitrogens is 15. The van der Waals surface area contributed by atoms with E-state index in [1.54, 1.807) is 114 Å². The van der Waals surface area contributed by atoms with Crippen molar-refractivity contribution in [1.82, 2.24) is 72.6 Å². The van der Waals surface area contributed by atoms with Crippen molar-refractivity contribution < 1.29 is 50.8 Å². The monoisotopic (exact) mass is 1610 g/mol. The number of rotatable bonds is 23. The molecule has 0 bridgehead atoms. The third-order valence-corrected chi connectivity index (χ3v) is 21.0. The van der Waals surface area contributed by atoms with Crippen molar-refractivity contribution in [3.63, 3.8) is 0 Å². The van der Waals surface area contributed by atoms with Crippen LogP contribution in [0.1, 0.15) is 151 Å². The lowest BCUT2D eigenvalue weighted by molar-refractivity contribution is 0.0490. The summed E-state index contributed by atoms with van der Waals surface area (Å²) >= 11 is 6.08. The second-order valence-corrected chi connectivity index (χ2v) is 32.8. The maximum atomic E-state index is 13.6. The standard InChI is InChI=1S/C28H35N7O5S.C18H19ClN4O2S.C16H21N7O.C10H17N3O3.3CH4.H2S/c1-17-6-10-21(11-7-17)41(38,39)34-14-12-22-24(29-18(2)19-8-9-19)31-26(32-25(22)34)30-23-16-20(13-15-36)35(33-23)27(37)40-28(3,4)5;1-11-3-7-14(8-4-11)26(24,25)23-10-9-15-16(20-12(2)13-5-6-13)21-18(19)22-17(15)23;1-9(10-2-3-10)18-15-12-4-6-17-14(12)20-16(21-15)19-13-8-11(5-7-24)22-23-13;1-10(2,3)16-9(14)13-7(6-15-4)5-8(11)12-13;;;;/h6-7,10-12,14,16,18-19,36H,8-9,13,15H2,1-5H3,(H2,29,30,31,32,33);3-4,7-10,12-13H,5-6H2,1-2H3,(H,20,21,22);4,6,8-10,24H,2-3,5,7H2,1H3,(H4,17,18,19,20,21,22,23);5H,6H2,1-4H3,(H2,11,12);3*1H4;1H2/t;12-;;;;;;/m.0....../s1. The normalized spacial score (nSPS) is 14.2. The van der Waals surface area contributed by atoms with E-state index < -0.39 is 43.4 Å². The van der Waals surface area contributed by atoms with Crippen molar-refractivity contribution in [3.8, 4) is 0 Å². The number of nitrogen functional groups attached to an aromatic ring is 1. The van der Waals surface area contributed by atoms with Gasteiger partial charge in [-0.15, -0.1) is 10.2 Å². The van der Waals surface area contributed by atoms with Gasteiger partial charge in [0.1, 0.15) is 40.1 Å². The van der Waals surface area contributed by atoms with Crippen molar-refractivity contribution in [1.29, 1.82) is 0 Å². The number of hydrogen-bond acceptors (Lipinski definition) is 26. The van der Waals surface area contributed by atoms with Gasteiger partial charge in [0.15, 0.2) is 22.9 Å². The lowest BCUT2D eigenvalue weighted by atomic mass is 10.2. The van der Waals surface area contributed by atoms with Gasteiger partial charge in [0.2, 0.25) is 17.2 Å². The van der Waals surface area contributed by atoms with Crippen LogP contribution in [0.15, 0.2) is 113 Å². The molecule has 36 heteroatoms. The molecule has 0 spiro atoms. The van der Waals surface area contributed by atoms with Gasteiger partial charge in [-0.2, -0.15) is 52.9 Å². The van der Waals surface area contributed by atoms with E-state index in [0.717, 1.165) is 69.7 Å². The van der Waals surface area contributed by atoms with Crippen LogP contribution in [0.3, 0.4) is 0 Å². The molecule has 3 saturated carbocycles. The molecule has 111 heavy (non-hydrogen) atoms. The third-order valence-electron chi connectivity index (χ3n) is 17.5. The number of aromatic amines is 2. The van der Waals surface area contributed by atoms with E-state index in [4.69, 9.17) is 36.7 Å². The third kappa shape index (κ3) is 22.5. The lowest BCUT2D eigenvalue weighted by Gasteiger charge is -2.19. The molecule has 0 aliphatic heterocycles. The molecule has 2 unspecified atom stereocenters. The van der Waals surface area contributed by atoms with Gasteiger partial charge >= 0.3 is 12.2 Å². The molecule has 3 atom stereocenters. The highest BCUT2D eigenvalue weighted by atomic mass is 35.5.